The van der Waals surface area contributed by atoms with E-state index in [-0.39, 0.29) is 5.75 Å². The molecule has 6 heteroatoms. The third-order valence-corrected chi connectivity index (χ3v) is 4.82. The first-order valence-electron chi connectivity index (χ1n) is 8.21. The third-order valence-electron chi connectivity index (χ3n) is 4.51. The Morgan fingerprint density at radius 1 is 1.16 bits per heavy atom. The van der Waals surface area contributed by atoms with Crippen molar-refractivity contribution in [2.45, 2.75) is 12.8 Å². The minimum atomic E-state index is -0.455. The summed E-state index contributed by atoms with van der Waals surface area (Å²) in [4.78, 5) is 11.4. The lowest BCUT2D eigenvalue weighted by atomic mass is 10.1. The molecule has 3 aromatic rings. The van der Waals surface area contributed by atoms with Crippen molar-refractivity contribution in [1.29, 1.82) is 0 Å². The Bertz CT molecular complexity index is 924. The van der Waals surface area contributed by atoms with Crippen LogP contribution in [0.4, 0.5) is 10.2 Å². The monoisotopic (exact) mass is 357 g/mol. The molecule has 4 nitrogen and oxygen atoms in total. The van der Waals surface area contributed by atoms with E-state index in [1.54, 1.807) is 18.3 Å². The molecule has 0 amide bonds. The number of ether oxygens (including phenoxy) is 1. The highest BCUT2D eigenvalue weighted by Crippen LogP contribution is 2.32. The number of rotatable bonds is 3. The van der Waals surface area contributed by atoms with Gasteiger partial charge in [-0.3, -0.25) is 0 Å². The zero-order valence-corrected chi connectivity index (χ0v) is 14.6. The van der Waals surface area contributed by atoms with E-state index >= 15 is 0 Å². The Balaban J connectivity index is 1.74. The van der Waals surface area contributed by atoms with Gasteiger partial charge in [0, 0.05) is 36.3 Å². The van der Waals surface area contributed by atoms with E-state index in [1.165, 1.54) is 26.0 Å². The molecule has 0 N–H and O–H groups in total. The summed E-state index contributed by atoms with van der Waals surface area (Å²) in [6, 6.07) is 8.65. The maximum atomic E-state index is 13.9. The molecule has 1 aliphatic heterocycles. The molecule has 0 bridgehead atoms. The van der Waals surface area contributed by atoms with Gasteiger partial charge < -0.3 is 9.64 Å². The summed E-state index contributed by atoms with van der Waals surface area (Å²) in [6.45, 7) is 2.11. The van der Waals surface area contributed by atoms with Crippen molar-refractivity contribution in [1.82, 2.24) is 9.97 Å². The van der Waals surface area contributed by atoms with Gasteiger partial charge in [-0.25, -0.2) is 14.4 Å². The third kappa shape index (κ3) is 3.00. The van der Waals surface area contributed by atoms with Crippen molar-refractivity contribution in [2.24, 2.45) is 0 Å². The van der Waals surface area contributed by atoms with Crippen molar-refractivity contribution in [2.75, 3.05) is 25.1 Å². The first kappa shape index (κ1) is 16.1. The number of anilines is 1. The van der Waals surface area contributed by atoms with Gasteiger partial charge in [0.2, 0.25) is 0 Å². The highest BCUT2D eigenvalue weighted by molar-refractivity contribution is 6.35. The molecule has 4 rings (SSSR count). The predicted molar refractivity (Wildman–Crippen MR) is 97.9 cm³/mol. The van der Waals surface area contributed by atoms with E-state index in [0.29, 0.717) is 21.6 Å². The van der Waals surface area contributed by atoms with Gasteiger partial charge in [-0.2, -0.15) is 0 Å². The average molecular weight is 358 g/mol. The molecule has 0 saturated carbocycles. The van der Waals surface area contributed by atoms with Gasteiger partial charge in [-0.15, -0.1) is 0 Å². The molecule has 1 fully saturated rings. The number of fused-ring (bicyclic) bond motifs is 1. The molecule has 2 aromatic heterocycles. The molecule has 128 valence electrons. The van der Waals surface area contributed by atoms with Gasteiger partial charge in [0.05, 0.1) is 23.3 Å². The largest absolute Gasteiger partial charge is 0.494 e. The van der Waals surface area contributed by atoms with Gasteiger partial charge in [0.25, 0.3) is 0 Å². The molecular formula is C19H17ClFN3O. The Morgan fingerprint density at radius 3 is 2.64 bits per heavy atom. The van der Waals surface area contributed by atoms with Crippen LogP contribution in [0.2, 0.25) is 5.02 Å². The van der Waals surface area contributed by atoms with E-state index in [9.17, 15) is 4.39 Å². The Labute approximate surface area is 150 Å². The Kier molecular flexibility index (Phi) is 4.17. The summed E-state index contributed by atoms with van der Waals surface area (Å²) in [6.07, 6.45) is 4.23. The lowest BCUT2D eigenvalue weighted by Crippen LogP contribution is -2.18. The van der Waals surface area contributed by atoms with Crippen LogP contribution in [-0.2, 0) is 0 Å². The average Bonchev–Trinajstić information content (AvgIpc) is 3.16. The lowest BCUT2D eigenvalue weighted by molar-refractivity contribution is 0.387. The van der Waals surface area contributed by atoms with Crippen LogP contribution in [0.1, 0.15) is 12.8 Å². The molecule has 3 heterocycles. The first-order valence-corrected chi connectivity index (χ1v) is 8.58. The van der Waals surface area contributed by atoms with Crippen molar-refractivity contribution in [3.8, 4) is 17.0 Å². The number of hydrogen-bond acceptors (Lipinski definition) is 4. The fourth-order valence-electron chi connectivity index (χ4n) is 3.16. The maximum absolute atomic E-state index is 13.9. The highest BCUT2D eigenvalue weighted by Gasteiger charge is 2.15. The molecule has 1 saturated heterocycles. The van der Waals surface area contributed by atoms with Crippen LogP contribution in [0.25, 0.3) is 22.2 Å². The van der Waals surface area contributed by atoms with Gasteiger partial charge in [0.15, 0.2) is 11.6 Å². The van der Waals surface area contributed by atoms with Crippen LogP contribution >= 0.6 is 11.6 Å². The van der Waals surface area contributed by atoms with Crippen LogP contribution in [0.3, 0.4) is 0 Å². The van der Waals surface area contributed by atoms with Gasteiger partial charge in [-0.1, -0.05) is 11.6 Å². The van der Waals surface area contributed by atoms with Gasteiger partial charge >= 0.3 is 0 Å². The van der Waals surface area contributed by atoms with E-state index in [4.69, 9.17) is 16.3 Å². The van der Waals surface area contributed by atoms with Crippen molar-refractivity contribution in [3.63, 3.8) is 0 Å². The summed E-state index contributed by atoms with van der Waals surface area (Å²) >= 11 is 6.34. The van der Waals surface area contributed by atoms with Gasteiger partial charge in [-0.05, 0) is 37.1 Å². The zero-order valence-electron chi connectivity index (χ0n) is 13.8. The second kappa shape index (κ2) is 6.48. The molecule has 0 unspecified atom stereocenters. The number of pyridine rings is 2. The standard InChI is InChI=1S/C19H17ClFN3O/c1-25-18-10-17-13(8-15(18)21)14(20)9-16(23-17)12-4-5-19(22-11-12)24-6-2-3-7-24/h4-5,8-11H,2-3,6-7H2,1H3. The summed E-state index contributed by atoms with van der Waals surface area (Å²) in [7, 11) is 1.43. The van der Waals surface area contributed by atoms with Crippen LogP contribution in [0, 0.1) is 5.82 Å². The molecular weight excluding hydrogens is 341 g/mol. The number of hydrogen-bond donors (Lipinski definition) is 0. The molecule has 0 atom stereocenters. The number of aromatic nitrogens is 2. The zero-order chi connectivity index (χ0) is 17.4. The summed E-state index contributed by atoms with van der Waals surface area (Å²) in [5.74, 6) is 0.677. The smallest absolute Gasteiger partial charge is 0.165 e. The normalized spacial score (nSPS) is 14.3. The highest BCUT2D eigenvalue weighted by atomic mass is 35.5. The summed E-state index contributed by atoms with van der Waals surface area (Å²) in [5, 5.41) is 1.01. The van der Waals surface area contributed by atoms with Crippen molar-refractivity contribution < 1.29 is 9.13 Å². The topological polar surface area (TPSA) is 38.2 Å². The fraction of sp³-hybridized carbons (Fsp3) is 0.263. The molecule has 1 aliphatic rings. The predicted octanol–water partition coefficient (Wildman–Crippen LogP) is 4.70. The quantitative estimate of drug-likeness (QED) is 0.681. The van der Waals surface area contributed by atoms with E-state index in [2.05, 4.69) is 14.9 Å². The molecule has 0 radical (unpaired) electrons. The van der Waals surface area contributed by atoms with E-state index in [1.807, 2.05) is 12.1 Å². The van der Waals surface area contributed by atoms with Crippen LogP contribution in [0.5, 0.6) is 5.75 Å². The fourth-order valence-corrected chi connectivity index (χ4v) is 3.42. The Morgan fingerprint density at radius 2 is 1.96 bits per heavy atom. The molecule has 0 aliphatic carbocycles. The molecule has 25 heavy (non-hydrogen) atoms. The SMILES string of the molecule is COc1cc2nc(-c3ccc(N4CCCC4)nc3)cc(Cl)c2cc1F. The first-order chi connectivity index (χ1) is 12.2. The minimum Gasteiger partial charge on any atom is -0.494 e. The second-order valence-electron chi connectivity index (χ2n) is 6.09. The number of benzene rings is 1. The number of nitrogens with zero attached hydrogens (tertiary/aromatic N) is 3. The summed E-state index contributed by atoms with van der Waals surface area (Å²) < 4.78 is 18.9. The van der Waals surface area contributed by atoms with Gasteiger partial charge in [0.1, 0.15) is 5.82 Å². The molecule has 1 aromatic carbocycles. The van der Waals surface area contributed by atoms with E-state index < -0.39 is 5.82 Å². The van der Waals surface area contributed by atoms with Crippen LogP contribution < -0.4 is 9.64 Å². The van der Waals surface area contributed by atoms with Crippen molar-refractivity contribution >= 4 is 28.3 Å². The molecule has 0 spiro atoms. The minimum absolute atomic E-state index is 0.149. The van der Waals surface area contributed by atoms with Crippen LogP contribution in [0.15, 0.2) is 36.5 Å². The number of halogens is 2. The lowest BCUT2D eigenvalue weighted by Gasteiger charge is -2.16. The second-order valence-corrected chi connectivity index (χ2v) is 6.50. The Hall–Kier alpha value is -2.40. The van der Waals surface area contributed by atoms with Crippen LogP contribution in [-0.4, -0.2) is 30.2 Å². The summed E-state index contributed by atoms with van der Waals surface area (Å²) in [5.41, 5.74) is 2.16. The van der Waals surface area contributed by atoms with Crippen molar-refractivity contribution in [3.05, 3.63) is 47.4 Å². The number of methoxy groups -OCH3 is 1. The van der Waals surface area contributed by atoms with E-state index in [0.717, 1.165) is 24.5 Å². The maximum Gasteiger partial charge on any atom is 0.165 e.